The Hall–Kier alpha value is -6.49. The predicted molar refractivity (Wildman–Crippen MR) is 252 cm³/mol. The van der Waals surface area contributed by atoms with Crippen molar-refractivity contribution >= 4 is 88.8 Å². The van der Waals surface area contributed by atoms with Gasteiger partial charge >= 0.3 is 0 Å². The zero-order valence-electron chi connectivity index (χ0n) is 34.3. The van der Waals surface area contributed by atoms with Crippen LogP contribution in [0.15, 0.2) is 176 Å². The lowest BCUT2D eigenvalue weighted by atomic mass is 10.0. The normalized spacial score (nSPS) is 12.0. The largest absolute Gasteiger partial charge is 0.488 e. The van der Waals surface area contributed by atoms with Crippen molar-refractivity contribution in [1.82, 2.24) is 0 Å². The number of nitrogens with zero attached hydrogens (tertiary/aromatic N) is 2. The monoisotopic (exact) mass is 790 g/mol. The molecule has 9 aromatic carbocycles. The van der Waals surface area contributed by atoms with Gasteiger partial charge in [-0.25, -0.2) is 0 Å². The number of hydrogen-bond acceptors (Lipinski definition) is 4. The molecule has 0 unspecified atom stereocenters. The minimum Gasteiger partial charge on any atom is -0.488 e. The summed E-state index contributed by atoms with van der Waals surface area (Å²) in [6.45, 7) is 12.4. The highest BCUT2D eigenvalue weighted by atomic mass is 35.5. The molecule has 59 heavy (non-hydrogen) atoms. The first kappa shape index (κ1) is 38.1. The van der Waals surface area contributed by atoms with E-state index in [1.54, 1.807) is 0 Å². The maximum Gasteiger partial charge on any atom is 0.120 e. The molecule has 0 bridgehead atoms. The van der Waals surface area contributed by atoms with E-state index in [1.807, 2.05) is 0 Å². The van der Waals surface area contributed by atoms with Crippen LogP contribution >= 0.6 is 11.6 Å². The molecule has 0 aromatic heterocycles. The van der Waals surface area contributed by atoms with Crippen molar-refractivity contribution in [3.05, 3.63) is 181 Å². The topological polar surface area (TPSA) is 24.9 Å². The summed E-state index contributed by atoms with van der Waals surface area (Å²) in [5, 5.41) is 9.56. The van der Waals surface area contributed by atoms with E-state index in [0.29, 0.717) is 5.02 Å². The maximum atomic E-state index is 7.66. The first-order chi connectivity index (χ1) is 28.4. The Morgan fingerprint density at radius 2 is 0.746 bits per heavy atom. The van der Waals surface area contributed by atoms with Crippen LogP contribution in [0.5, 0.6) is 11.5 Å². The van der Waals surface area contributed by atoms with Gasteiger partial charge in [0.15, 0.2) is 0 Å². The fraction of sp³-hybridized carbons (Fsp3) is 0.148. The Balaban J connectivity index is 1.25. The van der Waals surface area contributed by atoms with Gasteiger partial charge in [0.2, 0.25) is 0 Å². The number of hydrogen-bond donors (Lipinski definition) is 0. The van der Waals surface area contributed by atoms with E-state index in [-0.39, 0.29) is 11.2 Å². The Labute approximate surface area is 351 Å². The summed E-state index contributed by atoms with van der Waals surface area (Å²) >= 11 is 7.66. The molecule has 0 fully saturated rings. The Kier molecular flexibility index (Phi) is 9.69. The predicted octanol–water partition coefficient (Wildman–Crippen LogP) is 16.2. The molecule has 0 amide bonds. The fourth-order valence-corrected chi connectivity index (χ4v) is 8.39. The summed E-state index contributed by atoms with van der Waals surface area (Å²) in [5.41, 5.74) is 5.34. The smallest absolute Gasteiger partial charge is 0.120 e. The molecular formula is C54H47ClN2O2. The van der Waals surface area contributed by atoms with Crippen molar-refractivity contribution < 1.29 is 9.47 Å². The zero-order chi connectivity index (χ0) is 40.9. The van der Waals surface area contributed by atoms with Crippen LogP contribution in [-0.4, -0.2) is 11.2 Å². The van der Waals surface area contributed by atoms with Gasteiger partial charge in [0.25, 0.3) is 0 Å². The lowest BCUT2D eigenvalue weighted by Gasteiger charge is -2.31. The van der Waals surface area contributed by atoms with Gasteiger partial charge in [0.05, 0.1) is 33.5 Å². The minimum atomic E-state index is -0.314. The van der Waals surface area contributed by atoms with Crippen molar-refractivity contribution in [2.45, 2.75) is 52.7 Å². The molecule has 9 rings (SSSR count). The maximum absolute atomic E-state index is 7.66. The van der Waals surface area contributed by atoms with Crippen molar-refractivity contribution in [3.8, 4) is 11.5 Å². The summed E-state index contributed by atoms with van der Waals surface area (Å²) < 4.78 is 12.6. The molecule has 0 saturated carbocycles. The van der Waals surface area contributed by atoms with Crippen LogP contribution in [0.4, 0.5) is 34.1 Å². The Morgan fingerprint density at radius 1 is 0.356 bits per heavy atom. The molecule has 0 spiro atoms. The average Bonchev–Trinajstić information content (AvgIpc) is 3.20. The van der Waals surface area contributed by atoms with Gasteiger partial charge in [0.1, 0.15) is 22.7 Å². The van der Waals surface area contributed by atoms with Crippen LogP contribution in [0, 0.1) is 0 Å². The van der Waals surface area contributed by atoms with Crippen LogP contribution in [0.3, 0.4) is 0 Å². The number of fused-ring (bicyclic) bond motifs is 4. The van der Waals surface area contributed by atoms with Gasteiger partial charge in [-0.05, 0) is 142 Å². The fourth-order valence-electron chi connectivity index (χ4n) is 8.13. The van der Waals surface area contributed by atoms with Crippen LogP contribution in [0.2, 0.25) is 5.02 Å². The lowest BCUT2D eigenvalue weighted by molar-refractivity contribution is 0.130. The third-order valence-electron chi connectivity index (χ3n) is 10.4. The van der Waals surface area contributed by atoms with Gasteiger partial charge in [-0.1, -0.05) is 109 Å². The second kappa shape index (κ2) is 15.0. The summed E-state index contributed by atoms with van der Waals surface area (Å²) in [4.78, 5) is 4.64. The van der Waals surface area contributed by atoms with Crippen molar-refractivity contribution in [3.63, 3.8) is 0 Å². The molecule has 0 radical (unpaired) electrons. The molecule has 5 heteroatoms. The van der Waals surface area contributed by atoms with E-state index >= 15 is 0 Å². The molecule has 292 valence electrons. The summed E-state index contributed by atoms with van der Waals surface area (Å²) in [6, 6.07) is 62.1. The third-order valence-corrected chi connectivity index (χ3v) is 10.7. The van der Waals surface area contributed by atoms with E-state index in [0.717, 1.165) is 88.7 Å². The van der Waals surface area contributed by atoms with Gasteiger partial charge in [-0.3, -0.25) is 0 Å². The Morgan fingerprint density at radius 3 is 1.19 bits per heavy atom. The molecule has 0 heterocycles. The van der Waals surface area contributed by atoms with E-state index in [2.05, 4.69) is 227 Å². The number of ether oxygens (including phenoxy) is 2. The van der Waals surface area contributed by atoms with Gasteiger partial charge in [-0.15, -0.1) is 0 Å². The molecular weight excluding hydrogens is 744 g/mol. The van der Waals surface area contributed by atoms with Crippen molar-refractivity contribution in [1.29, 1.82) is 0 Å². The molecule has 0 N–H and O–H groups in total. The van der Waals surface area contributed by atoms with E-state index in [1.165, 1.54) is 0 Å². The number of halogens is 1. The van der Waals surface area contributed by atoms with Gasteiger partial charge in [-0.2, -0.15) is 0 Å². The highest BCUT2D eigenvalue weighted by Crippen LogP contribution is 2.48. The summed E-state index contributed by atoms with van der Waals surface area (Å²) in [5.74, 6) is 1.67. The van der Waals surface area contributed by atoms with Gasteiger partial charge in [0, 0.05) is 27.2 Å². The third kappa shape index (κ3) is 7.65. The van der Waals surface area contributed by atoms with Crippen molar-refractivity contribution in [2.75, 3.05) is 9.80 Å². The molecule has 0 aliphatic carbocycles. The molecule has 9 aromatic rings. The molecule has 4 nitrogen and oxygen atoms in total. The van der Waals surface area contributed by atoms with Crippen LogP contribution in [0.25, 0.3) is 43.1 Å². The quantitative estimate of drug-likeness (QED) is 0.153. The molecule has 0 aliphatic rings. The summed E-state index contributed by atoms with van der Waals surface area (Å²) in [7, 11) is 0. The standard InChI is InChI=1S/C54H47ClN2O2/c1-53(2,3)58-41-28-30-45-38(33-41)19-13-24-49(45)56(48-23-11-17-36-15-7-9-21-43(36)48)40-27-32-52(47(55)35-40)57(50-25-12-18-37-16-8-10-22-44(37)50)51-26-14-20-39-34-42(29-31-46(39)51)59-54(4,5)6/h7-35H,1-6H3. The second-order valence-corrected chi connectivity index (χ2v) is 17.5. The SMILES string of the molecule is CC(C)(C)Oc1ccc2c(N(c3ccc(N(c4cccc5ccccc45)c4cccc5cc(OC(C)(C)C)ccc45)c(Cl)c3)c3cccc4ccccc34)cccc2c1. The first-order valence-corrected chi connectivity index (χ1v) is 20.6. The highest BCUT2D eigenvalue weighted by Gasteiger charge is 2.24. The van der Waals surface area contributed by atoms with Crippen LogP contribution < -0.4 is 19.3 Å². The zero-order valence-corrected chi connectivity index (χ0v) is 35.1. The van der Waals surface area contributed by atoms with Crippen molar-refractivity contribution in [2.24, 2.45) is 0 Å². The number of benzene rings is 9. The average molecular weight is 791 g/mol. The molecule has 0 atom stereocenters. The number of anilines is 6. The number of rotatable bonds is 8. The minimum absolute atomic E-state index is 0.311. The van der Waals surface area contributed by atoms with E-state index in [4.69, 9.17) is 21.1 Å². The summed E-state index contributed by atoms with van der Waals surface area (Å²) in [6.07, 6.45) is 0. The van der Waals surface area contributed by atoms with Gasteiger partial charge < -0.3 is 19.3 Å². The van der Waals surface area contributed by atoms with Crippen LogP contribution in [0.1, 0.15) is 41.5 Å². The molecule has 0 saturated heterocycles. The van der Waals surface area contributed by atoms with E-state index < -0.39 is 0 Å². The second-order valence-electron chi connectivity index (χ2n) is 17.1. The Bertz CT molecular complexity index is 3000. The van der Waals surface area contributed by atoms with Crippen LogP contribution in [-0.2, 0) is 0 Å². The first-order valence-electron chi connectivity index (χ1n) is 20.2. The highest BCUT2D eigenvalue weighted by molar-refractivity contribution is 6.34. The lowest BCUT2D eigenvalue weighted by Crippen LogP contribution is -2.22. The van der Waals surface area contributed by atoms with E-state index in [9.17, 15) is 0 Å². The molecule has 0 aliphatic heterocycles.